The molecule has 2 rings (SSSR count). The van der Waals surface area contributed by atoms with E-state index in [1.807, 2.05) is 18.5 Å². The second-order valence-electron chi connectivity index (χ2n) is 5.42. The molecule has 0 amide bonds. The molecule has 9 heteroatoms. The molecule has 2 aromatic rings. The van der Waals surface area contributed by atoms with Crippen LogP contribution in [0.2, 0.25) is 5.02 Å². The Balaban J connectivity index is 2.27. The van der Waals surface area contributed by atoms with Crippen LogP contribution in [-0.4, -0.2) is 28.9 Å². The molecule has 1 unspecified atom stereocenters. The molecule has 0 spiro atoms. The summed E-state index contributed by atoms with van der Waals surface area (Å²) < 4.78 is 29.9. The zero-order chi connectivity index (χ0) is 18.4. The summed E-state index contributed by atoms with van der Waals surface area (Å²) >= 11 is 7.33. The minimum atomic E-state index is -3.68. The van der Waals surface area contributed by atoms with E-state index in [1.54, 1.807) is 18.2 Å². The largest absolute Gasteiger partial charge is 0.308 e. The number of nitrogens with one attached hydrogen (secondary N) is 1. The number of hydrogen-bond donors (Lipinski definition) is 1. The normalized spacial score (nSPS) is 12.9. The van der Waals surface area contributed by atoms with Crippen molar-refractivity contribution < 1.29 is 8.42 Å². The first-order valence-corrected chi connectivity index (χ1v) is 10.6. The number of rotatable bonds is 9. The van der Waals surface area contributed by atoms with Crippen LogP contribution in [-0.2, 0) is 17.1 Å². The summed E-state index contributed by atoms with van der Waals surface area (Å²) in [6, 6.07) is 5.61. The van der Waals surface area contributed by atoms with Gasteiger partial charge in [-0.25, -0.2) is 13.1 Å². The number of hydrogen-bond acceptors (Lipinski definition) is 5. The first-order valence-electron chi connectivity index (χ1n) is 7.80. The van der Waals surface area contributed by atoms with Crippen LogP contribution in [0.15, 0.2) is 47.0 Å². The highest BCUT2D eigenvalue weighted by Crippen LogP contribution is 2.24. The van der Waals surface area contributed by atoms with Gasteiger partial charge in [0.2, 0.25) is 10.0 Å². The number of benzene rings is 1. The molecule has 0 fully saturated rings. The van der Waals surface area contributed by atoms with Gasteiger partial charge in [-0.05, 0) is 30.7 Å². The highest BCUT2D eigenvalue weighted by atomic mass is 35.5. The van der Waals surface area contributed by atoms with Crippen molar-refractivity contribution in [3.63, 3.8) is 0 Å². The van der Waals surface area contributed by atoms with Gasteiger partial charge in [-0.15, -0.1) is 16.8 Å². The minimum Gasteiger partial charge on any atom is -0.308 e. The molecule has 1 atom stereocenters. The molecule has 0 aliphatic rings. The summed E-state index contributed by atoms with van der Waals surface area (Å²) in [5, 5.41) is 9.55. The second-order valence-corrected chi connectivity index (χ2v) is 8.55. The fraction of sp³-hybridized carbons (Fsp3) is 0.375. The van der Waals surface area contributed by atoms with Gasteiger partial charge in [-0.1, -0.05) is 42.8 Å². The molecule has 1 aromatic heterocycles. The summed E-state index contributed by atoms with van der Waals surface area (Å²) in [6.07, 6.45) is 3.20. The monoisotopic (exact) mass is 400 g/mol. The topological polar surface area (TPSA) is 76.9 Å². The molecule has 0 radical (unpaired) electrons. The zero-order valence-electron chi connectivity index (χ0n) is 14.1. The summed E-state index contributed by atoms with van der Waals surface area (Å²) in [5.41, 5.74) is 0. The van der Waals surface area contributed by atoms with Gasteiger partial charge >= 0.3 is 0 Å². The van der Waals surface area contributed by atoms with Crippen LogP contribution in [0.5, 0.6) is 0 Å². The third kappa shape index (κ3) is 5.07. The fourth-order valence-corrected chi connectivity index (χ4v) is 4.29. The van der Waals surface area contributed by atoms with E-state index in [0.29, 0.717) is 23.0 Å². The highest BCUT2D eigenvalue weighted by molar-refractivity contribution is 7.99. The van der Waals surface area contributed by atoms with Crippen molar-refractivity contribution in [3.8, 4) is 0 Å². The smallest absolute Gasteiger partial charge is 0.241 e. The van der Waals surface area contributed by atoms with Crippen molar-refractivity contribution in [1.82, 2.24) is 19.5 Å². The van der Waals surface area contributed by atoms with Gasteiger partial charge in [0.25, 0.3) is 0 Å². The average molecular weight is 401 g/mol. The minimum absolute atomic E-state index is 0.168. The van der Waals surface area contributed by atoms with Crippen LogP contribution in [0.4, 0.5) is 0 Å². The first kappa shape index (κ1) is 20.0. The predicted molar refractivity (Wildman–Crippen MR) is 101 cm³/mol. The highest BCUT2D eigenvalue weighted by Gasteiger charge is 2.25. The number of nitrogens with zero attached hydrogens (tertiary/aromatic N) is 3. The van der Waals surface area contributed by atoms with Gasteiger partial charge in [0.15, 0.2) is 11.0 Å². The summed E-state index contributed by atoms with van der Waals surface area (Å²) in [6.45, 7) is 5.68. The lowest BCUT2D eigenvalue weighted by Crippen LogP contribution is -2.30. The molecule has 136 valence electrons. The van der Waals surface area contributed by atoms with Crippen LogP contribution < -0.4 is 4.72 Å². The molecule has 1 heterocycles. The molecule has 0 saturated heterocycles. The van der Waals surface area contributed by atoms with Crippen molar-refractivity contribution in [2.75, 3.05) is 5.75 Å². The van der Waals surface area contributed by atoms with Crippen LogP contribution >= 0.6 is 23.4 Å². The van der Waals surface area contributed by atoms with Gasteiger partial charge < -0.3 is 4.57 Å². The maximum absolute atomic E-state index is 12.7. The van der Waals surface area contributed by atoms with E-state index in [4.69, 9.17) is 11.6 Å². The Morgan fingerprint density at radius 3 is 2.64 bits per heavy atom. The predicted octanol–water partition coefficient (Wildman–Crippen LogP) is 3.57. The zero-order valence-corrected chi connectivity index (χ0v) is 16.5. The van der Waals surface area contributed by atoms with Crippen molar-refractivity contribution in [2.45, 2.75) is 35.9 Å². The number of sulfonamides is 1. The number of thioether (sulfide) groups is 1. The van der Waals surface area contributed by atoms with Crippen LogP contribution in [0.1, 0.15) is 31.6 Å². The molecule has 0 bridgehead atoms. The van der Waals surface area contributed by atoms with E-state index in [0.717, 1.165) is 11.6 Å². The Morgan fingerprint density at radius 1 is 1.36 bits per heavy atom. The average Bonchev–Trinajstić information content (AvgIpc) is 2.93. The van der Waals surface area contributed by atoms with Gasteiger partial charge in [-0.3, -0.25) is 0 Å². The molecule has 0 aliphatic heterocycles. The van der Waals surface area contributed by atoms with Gasteiger partial charge in [-0.2, -0.15) is 0 Å². The third-order valence-corrected chi connectivity index (χ3v) is 6.26. The molecule has 1 N–H and O–H groups in total. The van der Waals surface area contributed by atoms with Crippen molar-refractivity contribution >= 4 is 33.4 Å². The maximum atomic E-state index is 12.7. The number of halogens is 1. The Hall–Kier alpha value is -1.35. The Bertz CT molecular complexity index is 819. The molecule has 1 aromatic carbocycles. The Morgan fingerprint density at radius 2 is 2.04 bits per heavy atom. The van der Waals surface area contributed by atoms with E-state index < -0.39 is 16.1 Å². The van der Waals surface area contributed by atoms with Crippen LogP contribution in [0, 0.1) is 0 Å². The quantitative estimate of drug-likeness (QED) is 0.514. The molecular formula is C16H21ClN4O2S2. The number of aromatic nitrogens is 3. The van der Waals surface area contributed by atoms with Gasteiger partial charge in [0.05, 0.1) is 10.9 Å². The summed E-state index contributed by atoms with van der Waals surface area (Å²) in [4.78, 5) is 0.168. The van der Waals surface area contributed by atoms with Gasteiger partial charge in [0, 0.05) is 17.8 Å². The molecule has 25 heavy (non-hydrogen) atoms. The summed E-state index contributed by atoms with van der Waals surface area (Å²) in [7, 11) is -1.85. The second kappa shape index (κ2) is 8.84. The van der Waals surface area contributed by atoms with Crippen molar-refractivity contribution in [3.05, 3.63) is 47.8 Å². The standard InChI is InChI=1S/C16H21ClN4O2S2/c1-4-6-14(15-18-19-16(21(15)3)24-11-5-2)20-25(22,23)13-9-7-12(17)8-10-13/h5,7-10,14,20H,2,4,6,11H2,1,3H3. The summed E-state index contributed by atoms with van der Waals surface area (Å²) in [5.74, 6) is 1.30. The van der Waals surface area contributed by atoms with E-state index in [9.17, 15) is 8.42 Å². The van der Waals surface area contributed by atoms with E-state index in [1.165, 1.54) is 23.9 Å². The molecular weight excluding hydrogens is 380 g/mol. The lowest BCUT2D eigenvalue weighted by molar-refractivity contribution is 0.505. The Kier molecular flexibility index (Phi) is 7.06. The van der Waals surface area contributed by atoms with Gasteiger partial charge in [0.1, 0.15) is 0 Å². The van der Waals surface area contributed by atoms with Crippen LogP contribution in [0.3, 0.4) is 0 Å². The maximum Gasteiger partial charge on any atom is 0.241 e. The lowest BCUT2D eigenvalue weighted by atomic mass is 10.2. The van der Waals surface area contributed by atoms with Crippen LogP contribution in [0.25, 0.3) is 0 Å². The lowest BCUT2D eigenvalue weighted by Gasteiger charge is -2.17. The molecule has 0 aliphatic carbocycles. The Labute approximate surface area is 157 Å². The fourth-order valence-electron chi connectivity index (χ4n) is 2.29. The SMILES string of the molecule is C=CCSc1nnc(C(CCC)NS(=O)(=O)c2ccc(Cl)cc2)n1C. The molecule has 0 saturated carbocycles. The van der Waals surface area contributed by atoms with E-state index in [-0.39, 0.29) is 4.90 Å². The van der Waals surface area contributed by atoms with E-state index in [2.05, 4.69) is 21.5 Å². The van der Waals surface area contributed by atoms with Crippen molar-refractivity contribution in [1.29, 1.82) is 0 Å². The van der Waals surface area contributed by atoms with Crippen molar-refractivity contribution in [2.24, 2.45) is 7.05 Å². The third-order valence-electron chi connectivity index (χ3n) is 3.51. The first-order chi connectivity index (χ1) is 11.9. The molecule has 6 nitrogen and oxygen atoms in total. The van der Waals surface area contributed by atoms with E-state index >= 15 is 0 Å².